The lowest BCUT2D eigenvalue weighted by Gasteiger charge is -2.36. The Morgan fingerprint density at radius 2 is 1.89 bits per heavy atom. The normalized spacial score (nSPS) is 14.2. The Labute approximate surface area is 167 Å². The second-order valence-electron chi connectivity index (χ2n) is 6.62. The molecule has 0 aliphatic carbocycles. The number of para-hydroxylation sites is 1. The molecule has 7 nitrogen and oxygen atoms in total. The van der Waals surface area contributed by atoms with E-state index in [2.05, 4.69) is 22.4 Å². The Kier molecular flexibility index (Phi) is 6.91. The average molecular weight is 405 g/mol. The van der Waals surface area contributed by atoms with Gasteiger partial charge in [-0.15, -0.1) is 10.2 Å². The van der Waals surface area contributed by atoms with Crippen molar-refractivity contribution in [2.45, 2.75) is 32.6 Å². The van der Waals surface area contributed by atoms with Crippen LogP contribution in [0.1, 0.15) is 31.2 Å². The standard InChI is InChI=1S/C19H24FN5O2S/c1-2-5-17-22-23-19(28-17)21-16(26)8-9-18(27)25-12-10-24(11-13-25)15-7-4-3-6-14(15)20/h3-4,6-7H,2,5,8-13H2,1H3,(H,21,23,26). The summed E-state index contributed by atoms with van der Waals surface area (Å²) in [5, 5.41) is 12.0. The summed E-state index contributed by atoms with van der Waals surface area (Å²) in [7, 11) is 0. The molecular weight excluding hydrogens is 381 g/mol. The van der Waals surface area contributed by atoms with E-state index in [4.69, 9.17) is 0 Å². The molecular formula is C19H24FN5O2S. The van der Waals surface area contributed by atoms with Crippen molar-refractivity contribution in [3.8, 4) is 0 Å². The predicted molar refractivity (Wildman–Crippen MR) is 107 cm³/mol. The highest BCUT2D eigenvalue weighted by atomic mass is 32.1. The number of carbonyl (C=O) groups excluding carboxylic acids is 2. The van der Waals surface area contributed by atoms with Crippen molar-refractivity contribution in [3.63, 3.8) is 0 Å². The summed E-state index contributed by atoms with van der Waals surface area (Å²) in [5.41, 5.74) is 0.563. The maximum absolute atomic E-state index is 13.9. The molecule has 0 atom stereocenters. The summed E-state index contributed by atoms with van der Waals surface area (Å²) in [4.78, 5) is 28.1. The monoisotopic (exact) mass is 405 g/mol. The number of nitrogens with one attached hydrogen (secondary N) is 1. The highest BCUT2D eigenvalue weighted by molar-refractivity contribution is 7.15. The first-order valence-electron chi connectivity index (χ1n) is 9.46. The molecule has 1 saturated heterocycles. The molecule has 0 saturated carbocycles. The Bertz CT molecular complexity index is 820. The summed E-state index contributed by atoms with van der Waals surface area (Å²) in [6, 6.07) is 6.65. The van der Waals surface area contributed by atoms with Crippen LogP contribution in [-0.4, -0.2) is 53.1 Å². The van der Waals surface area contributed by atoms with E-state index in [0.717, 1.165) is 17.8 Å². The van der Waals surface area contributed by atoms with E-state index in [1.54, 1.807) is 23.1 Å². The molecule has 1 aliphatic rings. The number of benzene rings is 1. The van der Waals surface area contributed by atoms with E-state index >= 15 is 0 Å². The molecule has 2 amide bonds. The number of anilines is 2. The van der Waals surface area contributed by atoms with Gasteiger partial charge in [0.2, 0.25) is 16.9 Å². The summed E-state index contributed by atoms with van der Waals surface area (Å²) < 4.78 is 13.9. The minimum Gasteiger partial charge on any atom is -0.366 e. The number of piperazine rings is 1. The Morgan fingerprint density at radius 3 is 2.61 bits per heavy atom. The molecule has 28 heavy (non-hydrogen) atoms. The number of hydrogen-bond donors (Lipinski definition) is 1. The van der Waals surface area contributed by atoms with Crippen LogP contribution >= 0.6 is 11.3 Å². The van der Waals surface area contributed by atoms with Gasteiger partial charge in [-0.2, -0.15) is 0 Å². The molecule has 0 radical (unpaired) electrons. The number of aryl methyl sites for hydroxylation is 1. The fourth-order valence-electron chi connectivity index (χ4n) is 3.08. The smallest absolute Gasteiger partial charge is 0.226 e. The van der Waals surface area contributed by atoms with E-state index in [-0.39, 0.29) is 30.5 Å². The Morgan fingerprint density at radius 1 is 1.14 bits per heavy atom. The SMILES string of the molecule is CCCc1nnc(NC(=O)CCC(=O)N2CCN(c3ccccc3F)CC2)s1. The molecule has 0 spiro atoms. The Hall–Kier alpha value is -2.55. The third-order valence-corrected chi connectivity index (χ3v) is 5.47. The summed E-state index contributed by atoms with van der Waals surface area (Å²) in [6.07, 6.45) is 2.06. The lowest BCUT2D eigenvalue weighted by Crippen LogP contribution is -2.49. The fourth-order valence-corrected chi connectivity index (χ4v) is 3.94. The van der Waals surface area contributed by atoms with Gasteiger partial charge in [-0.05, 0) is 18.6 Å². The van der Waals surface area contributed by atoms with Crippen LogP contribution in [0.3, 0.4) is 0 Å². The van der Waals surface area contributed by atoms with E-state index in [9.17, 15) is 14.0 Å². The van der Waals surface area contributed by atoms with E-state index in [1.165, 1.54) is 17.4 Å². The number of rotatable bonds is 7. The number of hydrogen-bond acceptors (Lipinski definition) is 6. The van der Waals surface area contributed by atoms with Gasteiger partial charge in [0.15, 0.2) is 0 Å². The topological polar surface area (TPSA) is 78.4 Å². The van der Waals surface area contributed by atoms with Gasteiger partial charge in [-0.3, -0.25) is 9.59 Å². The van der Waals surface area contributed by atoms with Gasteiger partial charge in [-0.1, -0.05) is 30.4 Å². The molecule has 1 fully saturated rings. The van der Waals surface area contributed by atoms with Crippen LogP contribution in [0.4, 0.5) is 15.2 Å². The first kappa shape index (κ1) is 20.2. The molecule has 3 rings (SSSR count). The molecule has 2 aromatic rings. The van der Waals surface area contributed by atoms with Crippen LogP contribution in [0.15, 0.2) is 24.3 Å². The number of halogens is 1. The minimum atomic E-state index is -0.252. The minimum absolute atomic E-state index is 0.0627. The zero-order valence-corrected chi connectivity index (χ0v) is 16.7. The van der Waals surface area contributed by atoms with Crippen molar-refractivity contribution in [2.75, 3.05) is 36.4 Å². The molecule has 1 aromatic heterocycles. The first-order chi connectivity index (χ1) is 13.6. The van der Waals surface area contributed by atoms with E-state index in [0.29, 0.717) is 37.0 Å². The van der Waals surface area contributed by atoms with Crippen LogP contribution in [0.25, 0.3) is 0 Å². The van der Waals surface area contributed by atoms with Crippen LogP contribution in [0.5, 0.6) is 0 Å². The molecule has 150 valence electrons. The highest BCUT2D eigenvalue weighted by Gasteiger charge is 2.23. The van der Waals surface area contributed by atoms with Gasteiger partial charge >= 0.3 is 0 Å². The molecule has 0 bridgehead atoms. The quantitative estimate of drug-likeness (QED) is 0.766. The van der Waals surface area contributed by atoms with Gasteiger partial charge in [0.25, 0.3) is 0 Å². The maximum Gasteiger partial charge on any atom is 0.226 e. The van der Waals surface area contributed by atoms with E-state index < -0.39 is 0 Å². The third kappa shape index (κ3) is 5.25. The second-order valence-corrected chi connectivity index (χ2v) is 7.68. The predicted octanol–water partition coefficient (Wildman–Crippen LogP) is 2.70. The summed E-state index contributed by atoms with van der Waals surface area (Å²) in [5.74, 6) is -0.553. The number of aromatic nitrogens is 2. The number of nitrogens with zero attached hydrogens (tertiary/aromatic N) is 4. The summed E-state index contributed by atoms with van der Waals surface area (Å²) >= 11 is 1.36. The van der Waals surface area contributed by atoms with Crippen molar-refractivity contribution in [1.82, 2.24) is 15.1 Å². The zero-order valence-electron chi connectivity index (χ0n) is 15.9. The maximum atomic E-state index is 13.9. The van der Waals surface area contributed by atoms with E-state index in [1.807, 2.05) is 4.90 Å². The van der Waals surface area contributed by atoms with Crippen LogP contribution < -0.4 is 10.2 Å². The van der Waals surface area contributed by atoms with Gasteiger partial charge in [0.05, 0.1) is 5.69 Å². The van der Waals surface area contributed by atoms with Crippen molar-refractivity contribution in [2.24, 2.45) is 0 Å². The van der Waals surface area contributed by atoms with Crippen molar-refractivity contribution >= 4 is 34.0 Å². The molecule has 1 aromatic carbocycles. The van der Waals surface area contributed by atoms with Crippen LogP contribution in [0.2, 0.25) is 0 Å². The van der Waals surface area contributed by atoms with Crippen LogP contribution in [0, 0.1) is 5.82 Å². The Balaban J connectivity index is 1.41. The number of carbonyl (C=O) groups is 2. The highest BCUT2D eigenvalue weighted by Crippen LogP contribution is 2.20. The summed E-state index contributed by atoms with van der Waals surface area (Å²) in [6.45, 7) is 4.24. The second kappa shape index (κ2) is 9.59. The van der Waals surface area contributed by atoms with Gasteiger partial charge in [0.1, 0.15) is 10.8 Å². The average Bonchev–Trinajstić information content (AvgIpc) is 3.14. The molecule has 1 aliphatic heterocycles. The van der Waals surface area contributed by atoms with Gasteiger partial charge in [0, 0.05) is 45.4 Å². The first-order valence-corrected chi connectivity index (χ1v) is 10.3. The molecule has 2 heterocycles. The van der Waals surface area contributed by atoms with Crippen molar-refractivity contribution < 1.29 is 14.0 Å². The van der Waals surface area contributed by atoms with Crippen molar-refractivity contribution in [3.05, 3.63) is 35.1 Å². The van der Waals surface area contributed by atoms with Crippen molar-refractivity contribution in [1.29, 1.82) is 0 Å². The third-order valence-electron chi connectivity index (χ3n) is 4.57. The number of amides is 2. The molecule has 1 N–H and O–H groups in total. The van der Waals surface area contributed by atoms with Crippen LogP contribution in [-0.2, 0) is 16.0 Å². The van der Waals surface area contributed by atoms with Gasteiger partial charge in [-0.25, -0.2) is 4.39 Å². The molecule has 0 unspecified atom stereocenters. The largest absolute Gasteiger partial charge is 0.366 e. The lowest BCUT2D eigenvalue weighted by atomic mass is 10.2. The zero-order chi connectivity index (χ0) is 19.9. The lowest BCUT2D eigenvalue weighted by molar-refractivity contribution is -0.133. The fraction of sp³-hybridized carbons (Fsp3) is 0.474. The molecule has 9 heteroatoms. The van der Waals surface area contributed by atoms with Gasteiger partial charge < -0.3 is 15.1 Å².